The van der Waals surface area contributed by atoms with Crippen LogP contribution in [0.4, 0.5) is 10.1 Å². The first-order chi connectivity index (χ1) is 9.20. The molecule has 1 unspecified atom stereocenters. The van der Waals surface area contributed by atoms with Gasteiger partial charge in [0.25, 0.3) is 0 Å². The fraction of sp³-hybridized carbons (Fsp3) is 0.143. The number of anilines is 1. The van der Waals surface area contributed by atoms with Crippen LogP contribution >= 0.6 is 0 Å². The maximum absolute atomic E-state index is 13.9. The SMILES string of the molecule is CNc1ccc(C2OB(O)c3cccc(F)c32)cc1. The third kappa shape index (κ3) is 2.01. The maximum atomic E-state index is 13.9. The number of rotatable bonds is 2. The van der Waals surface area contributed by atoms with Crippen molar-refractivity contribution in [1.29, 1.82) is 0 Å². The molecule has 1 atom stereocenters. The Bertz CT molecular complexity index is 603. The summed E-state index contributed by atoms with van der Waals surface area (Å²) in [6, 6.07) is 12.2. The second-order valence-corrected chi connectivity index (χ2v) is 4.48. The molecule has 0 aromatic heterocycles. The van der Waals surface area contributed by atoms with E-state index >= 15 is 0 Å². The molecule has 0 fully saturated rings. The highest BCUT2D eigenvalue weighted by Crippen LogP contribution is 2.32. The van der Waals surface area contributed by atoms with Crippen molar-refractivity contribution in [3.63, 3.8) is 0 Å². The van der Waals surface area contributed by atoms with Gasteiger partial charge < -0.3 is 15.0 Å². The van der Waals surface area contributed by atoms with Crippen molar-refractivity contribution < 1.29 is 14.1 Å². The highest BCUT2D eigenvalue weighted by Gasteiger charge is 2.37. The largest absolute Gasteiger partial charge is 0.492 e. The molecule has 0 spiro atoms. The van der Waals surface area contributed by atoms with Crippen LogP contribution in [0.3, 0.4) is 0 Å². The van der Waals surface area contributed by atoms with Gasteiger partial charge in [-0.15, -0.1) is 0 Å². The molecule has 2 aromatic rings. The van der Waals surface area contributed by atoms with E-state index in [0.717, 1.165) is 11.3 Å². The van der Waals surface area contributed by atoms with Gasteiger partial charge in [-0.25, -0.2) is 4.39 Å². The van der Waals surface area contributed by atoms with Gasteiger partial charge >= 0.3 is 7.12 Å². The van der Waals surface area contributed by atoms with E-state index in [0.29, 0.717) is 11.0 Å². The summed E-state index contributed by atoms with van der Waals surface area (Å²) in [7, 11) is 0.763. The molecule has 96 valence electrons. The Morgan fingerprint density at radius 1 is 1.21 bits per heavy atom. The zero-order chi connectivity index (χ0) is 13.4. The molecule has 0 radical (unpaired) electrons. The summed E-state index contributed by atoms with van der Waals surface area (Å²) in [4.78, 5) is 0. The molecular formula is C14H13BFNO2. The van der Waals surface area contributed by atoms with Crippen molar-refractivity contribution in [3.05, 3.63) is 59.4 Å². The second kappa shape index (κ2) is 4.68. The Labute approximate surface area is 111 Å². The smallest absolute Gasteiger partial charge is 0.423 e. The molecule has 3 rings (SSSR count). The number of benzene rings is 2. The van der Waals surface area contributed by atoms with Crippen molar-refractivity contribution in [2.75, 3.05) is 12.4 Å². The Hall–Kier alpha value is -1.85. The van der Waals surface area contributed by atoms with E-state index in [1.807, 2.05) is 31.3 Å². The summed E-state index contributed by atoms with van der Waals surface area (Å²) < 4.78 is 19.4. The standard InChI is InChI=1S/C14H13BFNO2/c1-17-10-7-5-9(6-8-10)14-13-11(15(18)19-14)3-2-4-12(13)16/h2-8,14,17-18H,1H3. The lowest BCUT2D eigenvalue weighted by molar-refractivity contribution is 0.223. The van der Waals surface area contributed by atoms with Crippen molar-refractivity contribution in [2.45, 2.75) is 6.10 Å². The fourth-order valence-electron chi connectivity index (χ4n) is 2.39. The van der Waals surface area contributed by atoms with Crippen LogP contribution in [0.15, 0.2) is 42.5 Å². The number of nitrogens with one attached hydrogen (secondary N) is 1. The van der Waals surface area contributed by atoms with Crippen molar-refractivity contribution in [1.82, 2.24) is 0 Å². The van der Waals surface area contributed by atoms with Crippen LogP contribution in [-0.2, 0) is 4.65 Å². The summed E-state index contributed by atoms with van der Waals surface area (Å²) in [5, 5.41) is 12.9. The summed E-state index contributed by atoms with van der Waals surface area (Å²) in [6.45, 7) is 0. The minimum atomic E-state index is -1.07. The average Bonchev–Trinajstić information content (AvgIpc) is 2.78. The van der Waals surface area contributed by atoms with E-state index in [9.17, 15) is 9.41 Å². The van der Waals surface area contributed by atoms with Crippen LogP contribution < -0.4 is 10.8 Å². The Kier molecular flexibility index (Phi) is 3.01. The molecule has 1 aliphatic heterocycles. The number of hydrogen-bond acceptors (Lipinski definition) is 3. The van der Waals surface area contributed by atoms with Crippen LogP contribution in [0.5, 0.6) is 0 Å². The van der Waals surface area contributed by atoms with Crippen LogP contribution in [0.25, 0.3) is 0 Å². The predicted molar refractivity (Wildman–Crippen MR) is 72.9 cm³/mol. The topological polar surface area (TPSA) is 41.5 Å². The molecule has 0 bridgehead atoms. The average molecular weight is 257 g/mol. The molecule has 1 heterocycles. The predicted octanol–water partition coefficient (Wildman–Crippen LogP) is 1.67. The van der Waals surface area contributed by atoms with E-state index in [-0.39, 0.29) is 5.82 Å². The van der Waals surface area contributed by atoms with Gasteiger partial charge in [-0.05, 0) is 29.2 Å². The van der Waals surface area contributed by atoms with Crippen molar-refractivity contribution >= 4 is 18.3 Å². The van der Waals surface area contributed by atoms with Gasteiger partial charge in [0, 0.05) is 18.3 Å². The molecule has 1 aliphatic rings. The molecule has 19 heavy (non-hydrogen) atoms. The van der Waals surface area contributed by atoms with Gasteiger partial charge in [0.1, 0.15) is 5.82 Å². The second-order valence-electron chi connectivity index (χ2n) is 4.48. The van der Waals surface area contributed by atoms with Gasteiger partial charge in [-0.1, -0.05) is 24.3 Å². The van der Waals surface area contributed by atoms with Crippen LogP contribution in [0, 0.1) is 5.82 Å². The Balaban J connectivity index is 2.04. The normalized spacial score (nSPS) is 17.4. The molecule has 0 amide bonds. The molecule has 0 saturated heterocycles. The van der Waals surface area contributed by atoms with Gasteiger partial charge in [0.2, 0.25) is 0 Å². The lowest BCUT2D eigenvalue weighted by atomic mass is 9.79. The van der Waals surface area contributed by atoms with E-state index in [1.165, 1.54) is 6.07 Å². The molecule has 0 aliphatic carbocycles. The van der Waals surface area contributed by atoms with Crippen molar-refractivity contribution in [3.8, 4) is 0 Å². The third-order valence-electron chi connectivity index (χ3n) is 3.38. The quantitative estimate of drug-likeness (QED) is 0.804. The first-order valence-corrected chi connectivity index (χ1v) is 6.10. The van der Waals surface area contributed by atoms with E-state index in [4.69, 9.17) is 4.65 Å². The highest BCUT2D eigenvalue weighted by molar-refractivity contribution is 6.61. The van der Waals surface area contributed by atoms with Crippen LogP contribution in [0.1, 0.15) is 17.2 Å². The molecular weight excluding hydrogens is 244 g/mol. The zero-order valence-corrected chi connectivity index (χ0v) is 10.4. The highest BCUT2D eigenvalue weighted by atomic mass is 19.1. The molecule has 5 heteroatoms. The molecule has 2 N–H and O–H groups in total. The minimum absolute atomic E-state index is 0.350. The van der Waals surface area contributed by atoms with E-state index in [1.54, 1.807) is 12.1 Å². The lowest BCUT2D eigenvalue weighted by Gasteiger charge is -2.14. The Morgan fingerprint density at radius 3 is 2.63 bits per heavy atom. The molecule has 0 saturated carbocycles. The zero-order valence-electron chi connectivity index (χ0n) is 10.4. The summed E-state index contributed by atoms with van der Waals surface area (Å²) in [6.07, 6.45) is -0.558. The summed E-state index contributed by atoms with van der Waals surface area (Å²) in [5.41, 5.74) is 2.72. The van der Waals surface area contributed by atoms with Gasteiger partial charge in [-0.2, -0.15) is 0 Å². The fourth-order valence-corrected chi connectivity index (χ4v) is 2.39. The van der Waals surface area contributed by atoms with Crippen LogP contribution in [0.2, 0.25) is 0 Å². The number of hydrogen-bond donors (Lipinski definition) is 2. The molecule has 2 aromatic carbocycles. The van der Waals surface area contributed by atoms with Crippen molar-refractivity contribution in [2.24, 2.45) is 0 Å². The van der Waals surface area contributed by atoms with Gasteiger partial charge in [0.15, 0.2) is 0 Å². The summed E-state index contributed by atoms with van der Waals surface area (Å²) in [5.74, 6) is -0.350. The molecule has 3 nitrogen and oxygen atoms in total. The van der Waals surface area contributed by atoms with Crippen LogP contribution in [-0.4, -0.2) is 19.2 Å². The lowest BCUT2D eigenvalue weighted by Crippen LogP contribution is -2.28. The van der Waals surface area contributed by atoms with Gasteiger partial charge in [-0.3, -0.25) is 0 Å². The summed E-state index contributed by atoms with van der Waals surface area (Å²) >= 11 is 0. The number of fused-ring (bicyclic) bond motifs is 1. The number of halogens is 1. The van der Waals surface area contributed by atoms with E-state index in [2.05, 4.69) is 5.32 Å². The third-order valence-corrected chi connectivity index (χ3v) is 3.38. The maximum Gasteiger partial charge on any atom is 0.492 e. The minimum Gasteiger partial charge on any atom is -0.423 e. The monoisotopic (exact) mass is 257 g/mol. The van der Waals surface area contributed by atoms with E-state index < -0.39 is 13.2 Å². The van der Waals surface area contributed by atoms with Gasteiger partial charge in [0.05, 0.1) is 6.10 Å². The first kappa shape index (κ1) is 12.2. The Morgan fingerprint density at radius 2 is 1.95 bits per heavy atom. The first-order valence-electron chi connectivity index (χ1n) is 6.10.